The highest BCUT2D eigenvalue weighted by Crippen LogP contribution is 2.12. The van der Waals surface area contributed by atoms with E-state index in [9.17, 15) is 0 Å². The van der Waals surface area contributed by atoms with Gasteiger partial charge >= 0.3 is 0 Å². The fourth-order valence-corrected chi connectivity index (χ4v) is 2.10. The Hall–Kier alpha value is -0.870. The molecule has 1 aromatic heterocycles. The van der Waals surface area contributed by atoms with Gasteiger partial charge in [0.1, 0.15) is 0 Å². The maximum atomic E-state index is 4.19. The zero-order valence-electron chi connectivity index (χ0n) is 10.5. The summed E-state index contributed by atoms with van der Waals surface area (Å²) in [6, 6.07) is 4.64. The van der Waals surface area contributed by atoms with Gasteiger partial charge in [-0.15, -0.1) is 17.5 Å². The van der Waals surface area contributed by atoms with E-state index < -0.39 is 0 Å². The minimum atomic E-state index is 0. The molecule has 1 saturated heterocycles. The van der Waals surface area contributed by atoms with E-state index in [1.54, 1.807) is 0 Å². The molecule has 1 aliphatic heterocycles. The van der Waals surface area contributed by atoms with Crippen LogP contribution in [0.25, 0.3) is 0 Å². The lowest BCUT2D eigenvalue weighted by molar-refractivity contribution is 0.402. The van der Waals surface area contributed by atoms with E-state index in [0.717, 1.165) is 24.6 Å². The molecule has 4 nitrogen and oxygen atoms in total. The SMILES string of the molecule is Cc1ccc(N(C)CC2CCCCN2)nn1.Cl. The van der Waals surface area contributed by atoms with Crippen molar-refractivity contribution in [3.05, 3.63) is 17.8 Å². The van der Waals surface area contributed by atoms with Crippen molar-refractivity contribution >= 4 is 18.2 Å². The topological polar surface area (TPSA) is 41.0 Å². The number of halogens is 1. The number of nitrogens with one attached hydrogen (secondary N) is 1. The number of rotatable bonds is 3. The predicted octanol–water partition coefficient (Wildman–Crippen LogP) is 1.79. The van der Waals surface area contributed by atoms with Crippen molar-refractivity contribution in [2.75, 3.05) is 25.0 Å². The molecule has 17 heavy (non-hydrogen) atoms. The third-order valence-corrected chi connectivity index (χ3v) is 3.08. The molecule has 0 bridgehead atoms. The smallest absolute Gasteiger partial charge is 0.151 e. The molecule has 2 rings (SSSR count). The summed E-state index contributed by atoms with van der Waals surface area (Å²) in [5.74, 6) is 0.956. The van der Waals surface area contributed by atoms with E-state index in [1.165, 1.54) is 19.3 Å². The number of anilines is 1. The highest BCUT2D eigenvalue weighted by Gasteiger charge is 2.15. The van der Waals surface area contributed by atoms with Gasteiger partial charge in [0.05, 0.1) is 5.69 Å². The summed E-state index contributed by atoms with van der Waals surface area (Å²) >= 11 is 0. The maximum Gasteiger partial charge on any atom is 0.151 e. The summed E-state index contributed by atoms with van der Waals surface area (Å²) < 4.78 is 0. The van der Waals surface area contributed by atoms with Gasteiger partial charge in [-0.05, 0) is 38.4 Å². The number of nitrogens with zero attached hydrogens (tertiary/aromatic N) is 3. The first-order valence-electron chi connectivity index (χ1n) is 6.00. The monoisotopic (exact) mass is 256 g/mol. The molecule has 0 aromatic carbocycles. The number of aryl methyl sites for hydroxylation is 1. The molecule has 1 fully saturated rings. The van der Waals surface area contributed by atoms with Gasteiger partial charge in [0.15, 0.2) is 5.82 Å². The molecular weight excluding hydrogens is 236 g/mol. The molecule has 0 saturated carbocycles. The summed E-state index contributed by atoms with van der Waals surface area (Å²) in [5.41, 5.74) is 0.966. The van der Waals surface area contributed by atoms with Crippen LogP contribution in [0.3, 0.4) is 0 Å². The molecule has 1 aliphatic rings. The minimum absolute atomic E-state index is 0. The van der Waals surface area contributed by atoms with Crippen molar-refractivity contribution < 1.29 is 0 Å². The molecule has 0 spiro atoms. The van der Waals surface area contributed by atoms with Gasteiger partial charge < -0.3 is 10.2 Å². The van der Waals surface area contributed by atoms with E-state index >= 15 is 0 Å². The quantitative estimate of drug-likeness (QED) is 0.895. The van der Waals surface area contributed by atoms with Gasteiger partial charge in [-0.3, -0.25) is 0 Å². The number of piperidine rings is 1. The van der Waals surface area contributed by atoms with Crippen molar-refractivity contribution in [1.29, 1.82) is 0 Å². The van der Waals surface area contributed by atoms with E-state index in [-0.39, 0.29) is 12.4 Å². The Labute approximate surface area is 109 Å². The Balaban J connectivity index is 0.00000144. The molecule has 1 atom stereocenters. The van der Waals surface area contributed by atoms with Gasteiger partial charge in [-0.25, -0.2) is 0 Å². The second kappa shape index (κ2) is 6.77. The zero-order valence-corrected chi connectivity index (χ0v) is 11.3. The standard InChI is InChI=1S/C12H20N4.ClH/c1-10-6-7-12(15-14-10)16(2)9-11-5-3-4-8-13-11;/h6-7,11,13H,3-5,8-9H2,1-2H3;1H. The van der Waals surface area contributed by atoms with E-state index in [4.69, 9.17) is 0 Å². The number of hydrogen-bond acceptors (Lipinski definition) is 4. The summed E-state index contributed by atoms with van der Waals surface area (Å²) in [5, 5.41) is 11.8. The van der Waals surface area contributed by atoms with Crippen LogP contribution in [-0.2, 0) is 0 Å². The van der Waals surface area contributed by atoms with Crippen LogP contribution in [0.5, 0.6) is 0 Å². The summed E-state index contributed by atoms with van der Waals surface area (Å²) in [7, 11) is 2.08. The summed E-state index contributed by atoms with van der Waals surface area (Å²) in [6.07, 6.45) is 3.92. The van der Waals surface area contributed by atoms with Crippen molar-refractivity contribution in [1.82, 2.24) is 15.5 Å². The summed E-state index contributed by atoms with van der Waals surface area (Å²) in [6.45, 7) is 4.12. The van der Waals surface area contributed by atoms with Crippen molar-refractivity contribution in [3.63, 3.8) is 0 Å². The third kappa shape index (κ3) is 4.13. The molecule has 0 amide bonds. The largest absolute Gasteiger partial charge is 0.357 e. The lowest BCUT2D eigenvalue weighted by Crippen LogP contribution is -2.42. The fourth-order valence-electron chi connectivity index (χ4n) is 2.10. The highest BCUT2D eigenvalue weighted by molar-refractivity contribution is 5.85. The van der Waals surface area contributed by atoms with Crippen LogP contribution in [0.1, 0.15) is 25.0 Å². The molecule has 1 N–H and O–H groups in total. The molecule has 96 valence electrons. The molecule has 0 aliphatic carbocycles. The predicted molar refractivity (Wildman–Crippen MR) is 72.9 cm³/mol. The normalized spacial score (nSPS) is 19.5. The van der Waals surface area contributed by atoms with Crippen LogP contribution >= 0.6 is 12.4 Å². The first-order valence-corrected chi connectivity index (χ1v) is 6.00. The van der Waals surface area contributed by atoms with E-state index in [1.807, 2.05) is 19.1 Å². The van der Waals surface area contributed by atoms with Gasteiger partial charge in [0, 0.05) is 19.6 Å². The van der Waals surface area contributed by atoms with Crippen LogP contribution in [0, 0.1) is 6.92 Å². The average Bonchev–Trinajstić information content (AvgIpc) is 2.31. The second-order valence-electron chi connectivity index (χ2n) is 4.56. The van der Waals surface area contributed by atoms with Gasteiger partial charge in [0.25, 0.3) is 0 Å². The lowest BCUT2D eigenvalue weighted by atomic mass is 10.0. The first kappa shape index (κ1) is 14.2. The number of aromatic nitrogens is 2. The molecular formula is C12H21ClN4. The minimum Gasteiger partial charge on any atom is -0.357 e. The zero-order chi connectivity index (χ0) is 11.4. The van der Waals surface area contributed by atoms with Gasteiger partial charge in [-0.1, -0.05) is 6.42 Å². The lowest BCUT2D eigenvalue weighted by Gasteiger charge is -2.28. The van der Waals surface area contributed by atoms with Crippen molar-refractivity contribution in [3.8, 4) is 0 Å². The Morgan fingerprint density at radius 1 is 1.35 bits per heavy atom. The van der Waals surface area contributed by atoms with Crippen LogP contribution < -0.4 is 10.2 Å². The van der Waals surface area contributed by atoms with Crippen LogP contribution in [0.4, 0.5) is 5.82 Å². The van der Waals surface area contributed by atoms with Crippen LogP contribution in [0.2, 0.25) is 0 Å². The third-order valence-electron chi connectivity index (χ3n) is 3.08. The van der Waals surface area contributed by atoms with E-state index in [2.05, 4.69) is 27.5 Å². The second-order valence-corrected chi connectivity index (χ2v) is 4.56. The van der Waals surface area contributed by atoms with Crippen molar-refractivity contribution in [2.24, 2.45) is 0 Å². The Bertz CT molecular complexity index is 322. The molecule has 1 aromatic rings. The van der Waals surface area contributed by atoms with Gasteiger partial charge in [0.2, 0.25) is 0 Å². The molecule has 2 heterocycles. The Kier molecular flexibility index (Phi) is 5.65. The number of likely N-dealkylation sites (N-methyl/N-ethyl adjacent to an activating group) is 1. The Morgan fingerprint density at radius 2 is 2.18 bits per heavy atom. The average molecular weight is 257 g/mol. The van der Waals surface area contributed by atoms with E-state index in [0.29, 0.717) is 6.04 Å². The summed E-state index contributed by atoms with van der Waals surface area (Å²) in [4.78, 5) is 2.18. The van der Waals surface area contributed by atoms with Crippen LogP contribution in [-0.4, -0.2) is 36.4 Å². The highest BCUT2D eigenvalue weighted by atomic mass is 35.5. The molecule has 0 radical (unpaired) electrons. The fraction of sp³-hybridized carbons (Fsp3) is 0.667. The first-order chi connectivity index (χ1) is 7.75. The Morgan fingerprint density at radius 3 is 2.76 bits per heavy atom. The molecule has 1 unspecified atom stereocenters. The van der Waals surface area contributed by atoms with Crippen LogP contribution in [0.15, 0.2) is 12.1 Å². The van der Waals surface area contributed by atoms with Gasteiger partial charge in [-0.2, -0.15) is 5.10 Å². The van der Waals surface area contributed by atoms with Crippen molar-refractivity contribution in [2.45, 2.75) is 32.2 Å². The molecule has 5 heteroatoms. The maximum absolute atomic E-state index is 4.19. The number of hydrogen-bond donors (Lipinski definition) is 1.